The van der Waals surface area contributed by atoms with Crippen LogP contribution in [0.2, 0.25) is 0 Å². The molecule has 0 fully saturated rings. The van der Waals surface area contributed by atoms with Gasteiger partial charge in [0, 0.05) is 20.1 Å². The number of benzene rings is 1. The number of nitrogens with zero attached hydrogens (tertiary/aromatic N) is 1. The number of nitrogens with one attached hydrogen (secondary N) is 3. The van der Waals surface area contributed by atoms with Crippen LogP contribution in [0.15, 0.2) is 46.0 Å². The Bertz CT molecular complexity index is 790. The molecule has 3 N–H and O–H groups in total. The minimum Gasteiger partial charge on any atom is -0.490 e. The van der Waals surface area contributed by atoms with E-state index in [4.69, 9.17) is 13.9 Å². The Morgan fingerprint density at radius 1 is 1.10 bits per heavy atom. The largest absolute Gasteiger partial charge is 0.490 e. The molecule has 0 saturated carbocycles. The van der Waals surface area contributed by atoms with Crippen LogP contribution in [-0.2, 0) is 0 Å². The first-order valence-electron chi connectivity index (χ1n) is 9.77. The monoisotopic (exact) mass is 402 g/mol. The number of furan rings is 1. The second kappa shape index (κ2) is 11.6. The van der Waals surface area contributed by atoms with Crippen LogP contribution in [0, 0.1) is 0 Å². The molecule has 0 aliphatic rings. The van der Waals surface area contributed by atoms with E-state index in [1.807, 2.05) is 39.0 Å². The minimum absolute atomic E-state index is 0.00575. The molecule has 0 saturated heterocycles. The summed E-state index contributed by atoms with van der Waals surface area (Å²) in [5, 5.41) is 9.29. The van der Waals surface area contributed by atoms with Gasteiger partial charge in [-0.2, -0.15) is 0 Å². The molecule has 1 unspecified atom stereocenters. The van der Waals surface area contributed by atoms with Crippen LogP contribution >= 0.6 is 0 Å². The molecule has 8 nitrogen and oxygen atoms in total. The molecule has 1 aromatic carbocycles. The lowest BCUT2D eigenvalue weighted by Gasteiger charge is -2.20. The lowest BCUT2D eigenvalue weighted by Crippen LogP contribution is -2.42. The molecule has 0 aliphatic carbocycles. The fourth-order valence-corrected chi connectivity index (χ4v) is 2.67. The van der Waals surface area contributed by atoms with E-state index in [9.17, 15) is 4.79 Å². The average molecular weight is 402 g/mol. The zero-order valence-electron chi connectivity index (χ0n) is 17.5. The zero-order valence-corrected chi connectivity index (χ0v) is 17.5. The summed E-state index contributed by atoms with van der Waals surface area (Å²) < 4.78 is 16.4. The van der Waals surface area contributed by atoms with Crippen molar-refractivity contribution in [2.75, 3.05) is 33.4 Å². The Morgan fingerprint density at radius 2 is 1.83 bits per heavy atom. The number of carbonyl (C=O) groups excluding carboxylic acids is 1. The van der Waals surface area contributed by atoms with E-state index in [2.05, 4.69) is 20.9 Å². The van der Waals surface area contributed by atoms with E-state index < -0.39 is 0 Å². The third-order valence-corrected chi connectivity index (χ3v) is 4.09. The molecule has 1 heterocycles. The van der Waals surface area contributed by atoms with Crippen molar-refractivity contribution in [1.29, 1.82) is 0 Å². The highest BCUT2D eigenvalue weighted by Crippen LogP contribution is 2.30. The van der Waals surface area contributed by atoms with Crippen molar-refractivity contribution in [3.63, 3.8) is 0 Å². The van der Waals surface area contributed by atoms with Gasteiger partial charge in [0.25, 0.3) is 5.91 Å². The number of rotatable bonds is 10. The van der Waals surface area contributed by atoms with E-state index in [1.165, 1.54) is 6.26 Å². The fraction of sp³-hybridized carbons (Fsp3) is 0.429. The first kappa shape index (κ1) is 22.1. The summed E-state index contributed by atoms with van der Waals surface area (Å²) in [5.74, 6) is 2.15. The molecule has 1 atom stereocenters. The number of guanidine groups is 1. The maximum Gasteiger partial charge on any atom is 0.287 e. The van der Waals surface area contributed by atoms with Gasteiger partial charge in [0.05, 0.1) is 25.5 Å². The predicted molar refractivity (Wildman–Crippen MR) is 113 cm³/mol. The van der Waals surface area contributed by atoms with Crippen LogP contribution in [0.25, 0.3) is 0 Å². The number of amides is 1. The van der Waals surface area contributed by atoms with Gasteiger partial charge in [-0.25, -0.2) is 0 Å². The normalized spacial score (nSPS) is 12.2. The first-order chi connectivity index (χ1) is 14.1. The van der Waals surface area contributed by atoms with Gasteiger partial charge in [0.2, 0.25) is 0 Å². The molecule has 8 heteroatoms. The van der Waals surface area contributed by atoms with Crippen LogP contribution in [0.1, 0.15) is 42.9 Å². The van der Waals surface area contributed by atoms with Gasteiger partial charge in [-0.3, -0.25) is 9.79 Å². The second-order valence-electron chi connectivity index (χ2n) is 6.17. The highest BCUT2D eigenvalue weighted by molar-refractivity contribution is 5.91. The van der Waals surface area contributed by atoms with E-state index in [-0.39, 0.29) is 11.9 Å². The van der Waals surface area contributed by atoms with E-state index in [0.29, 0.717) is 38.0 Å². The highest BCUT2D eigenvalue weighted by atomic mass is 16.5. The third-order valence-electron chi connectivity index (χ3n) is 4.09. The van der Waals surface area contributed by atoms with Crippen molar-refractivity contribution in [3.05, 3.63) is 47.9 Å². The van der Waals surface area contributed by atoms with Gasteiger partial charge in [-0.1, -0.05) is 6.07 Å². The quantitative estimate of drug-likeness (QED) is 0.321. The Labute approximate surface area is 171 Å². The second-order valence-corrected chi connectivity index (χ2v) is 6.17. The van der Waals surface area contributed by atoms with Gasteiger partial charge in [0.15, 0.2) is 23.2 Å². The van der Waals surface area contributed by atoms with Crippen LogP contribution < -0.4 is 25.4 Å². The lowest BCUT2D eigenvalue weighted by atomic mass is 10.1. The third kappa shape index (κ3) is 6.74. The number of carbonyl (C=O) groups is 1. The lowest BCUT2D eigenvalue weighted by molar-refractivity contribution is 0.0926. The summed E-state index contributed by atoms with van der Waals surface area (Å²) >= 11 is 0. The van der Waals surface area contributed by atoms with Crippen molar-refractivity contribution in [3.8, 4) is 11.5 Å². The summed E-state index contributed by atoms with van der Waals surface area (Å²) in [6.07, 6.45) is 1.47. The fourth-order valence-electron chi connectivity index (χ4n) is 2.67. The summed E-state index contributed by atoms with van der Waals surface area (Å²) in [6.45, 7) is 8.04. The predicted octanol–water partition coefficient (Wildman–Crippen LogP) is 2.73. The SMILES string of the molecule is CCOc1ccc(C(C)NC(=NC)NCCNC(=O)c2ccco2)cc1OCC. The Balaban J connectivity index is 1.86. The van der Waals surface area contributed by atoms with Crippen molar-refractivity contribution in [2.24, 2.45) is 4.99 Å². The summed E-state index contributed by atoms with van der Waals surface area (Å²) in [7, 11) is 1.70. The molecule has 1 aromatic heterocycles. The van der Waals surface area contributed by atoms with Crippen molar-refractivity contribution >= 4 is 11.9 Å². The summed E-state index contributed by atoms with van der Waals surface area (Å²) in [5.41, 5.74) is 1.05. The Hall–Kier alpha value is -3.16. The van der Waals surface area contributed by atoms with Crippen molar-refractivity contribution in [2.45, 2.75) is 26.8 Å². The molecular weight excluding hydrogens is 372 g/mol. The maximum absolute atomic E-state index is 11.8. The molecule has 158 valence electrons. The number of hydrogen-bond acceptors (Lipinski definition) is 5. The zero-order chi connectivity index (χ0) is 21.1. The number of aliphatic imine (C=N–C) groups is 1. The maximum atomic E-state index is 11.8. The molecule has 0 radical (unpaired) electrons. The number of ether oxygens (including phenoxy) is 2. The van der Waals surface area contributed by atoms with E-state index in [1.54, 1.807) is 19.2 Å². The molecule has 0 spiro atoms. The minimum atomic E-state index is -0.244. The van der Waals surface area contributed by atoms with Gasteiger partial charge >= 0.3 is 0 Å². The Kier molecular flexibility index (Phi) is 8.88. The summed E-state index contributed by atoms with van der Waals surface area (Å²) in [6, 6.07) is 9.19. The first-order valence-corrected chi connectivity index (χ1v) is 9.77. The molecule has 2 aromatic rings. The summed E-state index contributed by atoms with van der Waals surface area (Å²) in [4.78, 5) is 16.1. The molecule has 29 heavy (non-hydrogen) atoms. The molecular formula is C21H30N4O4. The topological polar surface area (TPSA) is 97.1 Å². The molecule has 0 aliphatic heterocycles. The standard InChI is InChI=1S/C21H30N4O4/c1-5-27-17-10-9-16(14-19(17)28-6-2)15(3)25-21(22-4)24-12-11-23-20(26)18-8-7-13-29-18/h7-10,13-15H,5-6,11-12H2,1-4H3,(H,23,26)(H2,22,24,25). The Morgan fingerprint density at radius 3 is 2.48 bits per heavy atom. The van der Waals surface area contributed by atoms with Crippen LogP contribution in [0.3, 0.4) is 0 Å². The van der Waals surface area contributed by atoms with Gasteiger partial charge < -0.3 is 29.8 Å². The van der Waals surface area contributed by atoms with Crippen LogP contribution in [-0.4, -0.2) is 45.2 Å². The molecule has 0 bridgehead atoms. The molecule has 2 rings (SSSR count). The van der Waals surface area contributed by atoms with Crippen LogP contribution in [0.4, 0.5) is 0 Å². The smallest absolute Gasteiger partial charge is 0.287 e. The van der Waals surface area contributed by atoms with Gasteiger partial charge in [-0.05, 0) is 50.6 Å². The molecule has 1 amide bonds. The van der Waals surface area contributed by atoms with Crippen LogP contribution in [0.5, 0.6) is 11.5 Å². The number of hydrogen-bond donors (Lipinski definition) is 3. The van der Waals surface area contributed by atoms with E-state index >= 15 is 0 Å². The highest BCUT2D eigenvalue weighted by Gasteiger charge is 2.13. The van der Waals surface area contributed by atoms with Crippen molar-refractivity contribution < 1.29 is 18.7 Å². The van der Waals surface area contributed by atoms with E-state index in [0.717, 1.165) is 17.1 Å². The average Bonchev–Trinajstić information content (AvgIpc) is 3.26. The van der Waals surface area contributed by atoms with Gasteiger partial charge in [-0.15, -0.1) is 0 Å². The van der Waals surface area contributed by atoms with Crippen molar-refractivity contribution in [1.82, 2.24) is 16.0 Å². The van der Waals surface area contributed by atoms with Gasteiger partial charge in [0.1, 0.15) is 0 Å².